The van der Waals surface area contributed by atoms with Crippen molar-refractivity contribution >= 4 is 17.7 Å². The summed E-state index contributed by atoms with van der Waals surface area (Å²) in [4.78, 5) is 14.5. The largest absolute Gasteiger partial charge is 0.344 e. The summed E-state index contributed by atoms with van der Waals surface area (Å²) < 4.78 is 13.9. The number of benzene rings is 2. The Hall–Kier alpha value is -2.62. The molecule has 2 aliphatic heterocycles. The first-order valence-electron chi connectivity index (χ1n) is 8.98. The molecule has 0 aromatic heterocycles. The molecule has 4 rings (SSSR count). The first-order valence-corrected chi connectivity index (χ1v) is 8.98. The third-order valence-corrected chi connectivity index (χ3v) is 5.79. The van der Waals surface area contributed by atoms with Gasteiger partial charge in [-0.2, -0.15) is 0 Å². The second kappa shape index (κ2) is 5.70. The fourth-order valence-corrected chi connectivity index (χ4v) is 4.22. The van der Waals surface area contributed by atoms with Gasteiger partial charge in [-0.3, -0.25) is 4.79 Å². The van der Waals surface area contributed by atoms with Crippen LogP contribution in [0.1, 0.15) is 37.0 Å². The van der Waals surface area contributed by atoms with Crippen LogP contribution in [0.25, 0.3) is 6.08 Å². The normalized spacial score (nSPS) is 23.7. The molecule has 1 N–H and O–H groups in total. The minimum absolute atomic E-state index is 0.0242. The number of aryl methyl sites for hydroxylation is 1. The van der Waals surface area contributed by atoms with Crippen molar-refractivity contribution in [3.8, 4) is 0 Å². The van der Waals surface area contributed by atoms with Gasteiger partial charge in [-0.15, -0.1) is 0 Å². The molecular formula is C22H23FN2O. The van der Waals surface area contributed by atoms with Gasteiger partial charge in [-0.05, 0) is 42.3 Å². The van der Waals surface area contributed by atoms with Crippen LogP contribution in [-0.4, -0.2) is 18.1 Å². The molecule has 2 heterocycles. The summed E-state index contributed by atoms with van der Waals surface area (Å²) in [5.74, 6) is -0.225. The molecule has 0 aliphatic carbocycles. The Kier molecular flexibility index (Phi) is 3.69. The van der Waals surface area contributed by atoms with Gasteiger partial charge >= 0.3 is 0 Å². The molecule has 1 saturated heterocycles. The van der Waals surface area contributed by atoms with E-state index in [9.17, 15) is 9.18 Å². The van der Waals surface area contributed by atoms with Crippen molar-refractivity contribution in [2.24, 2.45) is 0 Å². The highest BCUT2D eigenvalue weighted by Crippen LogP contribution is 2.52. The molecule has 2 aromatic rings. The predicted molar refractivity (Wildman–Crippen MR) is 102 cm³/mol. The van der Waals surface area contributed by atoms with Crippen molar-refractivity contribution in [1.82, 2.24) is 5.32 Å². The lowest BCUT2D eigenvalue weighted by atomic mass is 9.74. The van der Waals surface area contributed by atoms with Crippen LogP contribution in [0.4, 0.5) is 10.1 Å². The maximum absolute atomic E-state index is 13.9. The van der Waals surface area contributed by atoms with Gasteiger partial charge in [0.25, 0.3) is 0 Å². The van der Waals surface area contributed by atoms with Gasteiger partial charge in [0.15, 0.2) is 0 Å². The summed E-state index contributed by atoms with van der Waals surface area (Å²) in [6, 6.07) is 13.2. The average Bonchev–Trinajstić information content (AvgIpc) is 2.79. The Bertz CT molecular complexity index is 901. The van der Waals surface area contributed by atoms with Crippen LogP contribution in [0.5, 0.6) is 0 Å². The zero-order valence-electron chi connectivity index (χ0n) is 15.3. The molecule has 1 atom stereocenters. The van der Waals surface area contributed by atoms with E-state index in [0.29, 0.717) is 13.0 Å². The summed E-state index contributed by atoms with van der Waals surface area (Å²) in [6.07, 6.45) is 4.54. The highest BCUT2D eigenvalue weighted by molar-refractivity contribution is 5.84. The SMILES string of the molecule is Cc1ccc(/C=C/[C@]23NC(=O)CCN2c2ccc(F)cc2C3(C)C)cc1. The van der Waals surface area contributed by atoms with Crippen LogP contribution in [0.15, 0.2) is 48.5 Å². The van der Waals surface area contributed by atoms with Gasteiger partial charge in [0, 0.05) is 24.1 Å². The zero-order valence-corrected chi connectivity index (χ0v) is 15.3. The molecule has 26 heavy (non-hydrogen) atoms. The number of halogens is 1. The number of anilines is 1. The van der Waals surface area contributed by atoms with Crippen molar-refractivity contribution in [1.29, 1.82) is 0 Å². The number of carbonyl (C=O) groups is 1. The Morgan fingerprint density at radius 1 is 1.15 bits per heavy atom. The highest BCUT2D eigenvalue weighted by Gasteiger charge is 2.57. The molecule has 1 fully saturated rings. The second-order valence-corrected chi connectivity index (χ2v) is 7.75. The molecule has 0 bridgehead atoms. The lowest BCUT2D eigenvalue weighted by Crippen LogP contribution is -2.68. The maximum atomic E-state index is 13.9. The number of fused-ring (bicyclic) bond motifs is 3. The van der Waals surface area contributed by atoms with E-state index in [1.807, 2.05) is 12.1 Å². The number of nitrogens with one attached hydrogen (secondary N) is 1. The molecule has 0 unspecified atom stereocenters. The quantitative estimate of drug-likeness (QED) is 0.882. The molecule has 4 heteroatoms. The van der Waals surface area contributed by atoms with E-state index in [1.165, 1.54) is 11.6 Å². The number of nitrogens with zero attached hydrogens (tertiary/aromatic N) is 1. The zero-order chi connectivity index (χ0) is 18.5. The average molecular weight is 350 g/mol. The Balaban J connectivity index is 1.84. The monoisotopic (exact) mass is 350 g/mol. The molecule has 0 spiro atoms. The van der Waals surface area contributed by atoms with Crippen molar-refractivity contribution in [2.75, 3.05) is 11.4 Å². The van der Waals surface area contributed by atoms with Gasteiger partial charge < -0.3 is 10.2 Å². The minimum atomic E-state index is -0.705. The molecule has 0 radical (unpaired) electrons. The Morgan fingerprint density at radius 3 is 2.62 bits per heavy atom. The van der Waals surface area contributed by atoms with Crippen molar-refractivity contribution in [3.63, 3.8) is 0 Å². The second-order valence-electron chi connectivity index (χ2n) is 7.75. The lowest BCUT2D eigenvalue weighted by Gasteiger charge is -2.49. The molecule has 0 saturated carbocycles. The third-order valence-electron chi connectivity index (χ3n) is 5.79. The van der Waals surface area contributed by atoms with E-state index in [4.69, 9.17) is 0 Å². The Morgan fingerprint density at radius 2 is 1.88 bits per heavy atom. The number of carbonyl (C=O) groups excluding carboxylic acids is 1. The Labute approximate surface area is 153 Å². The molecule has 3 nitrogen and oxygen atoms in total. The molecular weight excluding hydrogens is 327 g/mol. The standard InChI is InChI=1S/C22H23FN2O/c1-15-4-6-16(7-5-15)10-12-22-21(2,3)18-14-17(23)8-9-19(18)25(22)13-11-20(26)24-22/h4-10,12,14H,11,13H2,1-3H3,(H,24,26)/b12-10+/t22-/m0/s1. The summed E-state index contributed by atoms with van der Waals surface area (Å²) in [5, 5.41) is 3.21. The topological polar surface area (TPSA) is 32.3 Å². The van der Waals surface area contributed by atoms with Crippen molar-refractivity contribution < 1.29 is 9.18 Å². The lowest BCUT2D eigenvalue weighted by molar-refractivity contribution is -0.124. The third kappa shape index (κ3) is 2.36. The maximum Gasteiger partial charge on any atom is 0.223 e. The fraction of sp³-hybridized carbons (Fsp3) is 0.318. The van der Waals surface area contributed by atoms with Crippen LogP contribution in [-0.2, 0) is 10.2 Å². The number of rotatable bonds is 2. The molecule has 1 amide bonds. The van der Waals surface area contributed by atoms with Gasteiger partial charge in [0.05, 0.1) is 0 Å². The predicted octanol–water partition coefficient (Wildman–Crippen LogP) is 4.16. The van der Waals surface area contributed by atoms with Crippen LogP contribution < -0.4 is 10.2 Å². The molecule has 2 aromatic carbocycles. The van der Waals surface area contributed by atoms with Crippen molar-refractivity contribution in [2.45, 2.75) is 38.3 Å². The molecule has 134 valence electrons. The first kappa shape index (κ1) is 16.8. The summed E-state index contributed by atoms with van der Waals surface area (Å²) >= 11 is 0. The summed E-state index contributed by atoms with van der Waals surface area (Å²) in [6.45, 7) is 6.80. The van der Waals surface area contributed by atoms with Crippen molar-refractivity contribution in [3.05, 3.63) is 71.0 Å². The van der Waals surface area contributed by atoms with E-state index >= 15 is 0 Å². The van der Waals surface area contributed by atoms with Crippen LogP contribution >= 0.6 is 0 Å². The summed E-state index contributed by atoms with van der Waals surface area (Å²) in [7, 11) is 0. The van der Waals surface area contributed by atoms with Crippen LogP contribution in [0.3, 0.4) is 0 Å². The van der Waals surface area contributed by atoms with Gasteiger partial charge in [-0.25, -0.2) is 4.39 Å². The minimum Gasteiger partial charge on any atom is -0.344 e. The number of hydrogen-bond donors (Lipinski definition) is 1. The smallest absolute Gasteiger partial charge is 0.223 e. The van der Waals surface area contributed by atoms with E-state index < -0.39 is 11.1 Å². The van der Waals surface area contributed by atoms with E-state index in [-0.39, 0.29) is 11.7 Å². The highest BCUT2D eigenvalue weighted by atomic mass is 19.1. The fourth-order valence-electron chi connectivity index (χ4n) is 4.22. The van der Waals surface area contributed by atoms with E-state index in [1.54, 1.807) is 6.07 Å². The van der Waals surface area contributed by atoms with Crippen LogP contribution in [0.2, 0.25) is 0 Å². The van der Waals surface area contributed by atoms with Gasteiger partial charge in [-0.1, -0.05) is 49.8 Å². The number of amides is 1. The van der Waals surface area contributed by atoms with E-state index in [2.05, 4.69) is 61.3 Å². The van der Waals surface area contributed by atoms with Crippen LogP contribution in [0, 0.1) is 12.7 Å². The molecule has 2 aliphatic rings. The van der Waals surface area contributed by atoms with Gasteiger partial charge in [0.1, 0.15) is 11.5 Å². The van der Waals surface area contributed by atoms with E-state index in [0.717, 1.165) is 16.8 Å². The number of hydrogen-bond acceptors (Lipinski definition) is 2. The summed E-state index contributed by atoms with van der Waals surface area (Å²) in [5.41, 5.74) is 3.02. The first-order chi connectivity index (χ1) is 12.3. The van der Waals surface area contributed by atoms with Gasteiger partial charge in [0.2, 0.25) is 5.91 Å².